The number of nitrogens with zero attached hydrogens (tertiary/aromatic N) is 4. The summed E-state index contributed by atoms with van der Waals surface area (Å²) < 4.78 is 18.0. The van der Waals surface area contributed by atoms with Crippen LogP contribution in [0.4, 0.5) is 5.69 Å². The highest BCUT2D eigenvalue weighted by Gasteiger charge is 2.53. The van der Waals surface area contributed by atoms with Crippen molar-refractivity contribution in [2.24, 2.45) is 10.1 Å². The summed E-state index contributed by atoms with van der Waals surface area (Å²) in [4.78, 5) is 23.0. The maximum absolute atomic E-state index is 14.9. The van der Waals surface area contributed by atoms with E-state index in [-0.39, 0.29) is 24.8 Å². The van der Waals surface area contributed by atoms with Crippen LogP contribution in [0.2, 0.25) is 0 Å². The maximum atomic E-state index is 14.9. The Labute approximate surface area is 302 Å². The van der Waals surface area contributed by atoms with Gasteiger partial charge in [0.05, 0.1) is 13.7 Å². The molecule has 5 aromatic rings. The summed E-state index contributed by atoms with van der Waals surface area (Å²) in [6.07, 6.45) is -0.345. The van der Waals surface area contributed by atoms with Crippen molar-refractivity contribution in [3.8, 4) is 11.5 Å². The largest absolute Gasteiger partial charge is 0.497 e. The van der Waals surface area contributed by atoms with Crippen molar-refractivity contribution in [1.82, 2.24) is 10.9 Å². The Bertz CT molecular complexity index is 1980. The molecule has 5 aromatic carbocycles. The van der Waals surface area contributed by atoms with Gasteiger partial charge >= 0.3 is 0 Å². The van der Waals surface area contributed by atoms with Crippen LogP contribution < -0.4 is 20.3 Å². The molecule has 1 amide bonds. The van der Waals surface area contributed by atoms with E-state index in [4.69, 9.17) is 24.3 Å². The Morgan fingerprint density at radius 2 is 1.62 bits per heavy atom. The Balaban J connectivity index is 1.40. The molecule has 0 aliphatic carbocycles. The molecule has 6 rings (SSSR count). The third-order valence-electron chi connectivity index (χ3n) is 8.94. The van der Waals surface area contributed by atoms with Crippen molar-refractivity contribution in [2.75, 3.05) is 26.9 Å². The zero-order valence-corrected chi connectivity index (χ0v) is 28.8. The smallest absolute Gasteiger partial charge is 0.266 e. The minimum atomic E-state index is -1.57. The first-order chi connectivity index (χ1) is 25.5. The van der Waals surface area contributed by atoms with Crippen molar-refractivity contribution >= 4 is 17.5 Å². The van der Waals surface area contributed by atoms with E-state index < -0.39 is 17.6 Å². The van der Waals surface area contributed by atoms with Gasteiger partial charge in [-0.1, -0.05) is 102 Å². The summed E-state index contributed by atoms with van der Waals surface area (Å²) in [5.74, 6) is 0.987. The molecule has 0 saturated carbocycles. The van der Waals surface area contributed by atoms with Gasteiger partial charge in [0.1, 0.15) is 11.5 Å². The number of aliphatic imine (C=N–C) groups is 1. The molecular formula is C41H40N6O5. The number of hydrazine groups is 1. The quantitative estimate of drug-likeness (QED) is 0.0323. The first-order valence-corrected chi connectivity index (χ1v) is 17.1. The molecule has 1 aliphatic rings. The maximum Gasteiger partial charge on any atom is 0.266 e. The standard InChI is InChI=1S/C41H40N6O5/c1-50-35-18-10-17-32(26-35)38-41(27-33-16-8-9-19-37(33)45-47-42,44-39(52-38)31-20-22-34(23-21-31)51-25-11-24-48)40(49)46-43-28-36(29-12-4-2-5-13-29)30-14-6-3-7-15-30/h2-10,12-23,26,36,38,43,48H,11,24-25,27-28H2,1H3,(H,46,49)/t38-,41-/m0/s1. The first-order valence-electron chi connectivity index (χ1n) is 17.1. The molecule has 0 unspecified atom stereocenters. The number of benzene rings is 5. The van der Waals surface area contributed by atoms with Crippen LogP contribution in [0.3, 0.4) is 0 Å². The zero-order chi connectivity index (χ0) is 36.2. The fourth-order valence-electron chi connectivity index (χ4n) is 6.32. The lowest BCUT2D eigenvalue weighted by Gasteiger charge is -2.31. The highest BCUT2D eigenvalue weighted by Crippen LogP contribution is 2.44. The molecule has 0 bridgehead atoms. The summed E-state index contributed by atoms with van der Waals surface area (Å²) in [5.41, 5.74) is 18.5. The van der Waals surface area contributed by atoms with E-state index in [0.29, 0.717) is 53.4 Å². The molecule has 0 fully saturated rings. The number of carbonyl (C=O) groups is 1. The summed E-state index contributed by atoms with van der Waals surface area (Å²) >= 11 is 0. The summed E-state index contributed by atoms with van der Waals surface area (Å²) in [6, 6.07) is 42.0. The third-order valence-corrected chi connectivity index (χ3v) is 8.94. The topological polar surface area (TPSA) is 150 Å². The number of azide groups is 1. The van der Waals surface area contributed by atoms with Gasteiger partial charge in [-0.05, 0) is 64.2 Å². The molecule has 1 heterocycles. The second-order valence-corrected chi connectivity index (χ2v) is 12.3. The average molecular weight is 697 g/mol. The van der Waals surface area contributed by atoms with Crippen LogP contribution in [0.5, 0.6) is 11.5 Å². The Morgan fingerprint density at radius 1 is 0.923 bits per heavy atom. The molecule has 0 saturated heterocycles. The number of rotatable bonds is 16. The first kappa shape index (κ1) is 35.7. The fourth-order valence-corrected chi connectivity index (χ4v) is 6.32. The number of aliphatic hydroxyl groups excluding tert-OH is 1. The highest BCUT2D eigenvalue weighted by molar-refractivity contribution is 6.01. The number of hydrogen-bond donors (Lipinski definition) is 3. The van der Waals surface area contributed by atoms with Gasteiger partial charge in [0.25, 0.3) is 5.91 Å². The molecule has 0 spiro atoms. The van der Waals surface area contributed by atoms with Crippen LogP contribution in [0.15, 0.2) is 144 Å². The van der Waals surface area contributed by atoms with Gasteiger partial charge < -0.3 is 19.3 Å². The molecule has 0 radical (unpaired) electrons. The van der Waals surface area contributed by atoms with Gasteiger partial charge in [0.15, 0.2) is 11.6 Å². The lowest BCUT2D eigenvalue weighted by Crippen LogP contribution is -2.54. The van der Waals surface area contributed by atoms with Crippen LogP contribution in [0.1, 0.15) is 46.3 Å². The number of carbonyl (C=O) groups excluding carboxylic acids is 1. The molecule has 0 aromatic heterocycles. The molecule has 3 N–H and O–H groups in total. The second-order valence-electron chi connectivity index (χ2n) is 12.3. The van der Waals surface area contributed by atoms with E-state index in [1.165, 1.54) is 0 Å². The highest BCUT2D eigenvalue weighted by atomic mass is 16.5. The molecule has 11 nitrogen and oxygen atoms in total. The minimum absolute atomic E-state index is 0.0371. The van der Waals surface area contributed by atoms with Crippen molar-refractivity contribution in [3.05, 3.63) is 172 Å². The second kappa shape index (κ2) is 17.2. The monoisotopic (exact) mass is 696 g/mol. The van der Waals surface area contributed by atoms with Crippen LogP contribution in [-0.4, -0.2) is 49.3 Å². The van der Waals surface area contributed by atoms with Gasteiger partial charge in [-0.2, -0.15) is 0 Å². The van der Waals surface area contributed by atoms with E-state index in [9.17, 15) is 10.3 Å². The van der Waals surface area contributed by atoms with Crippen LogP contribution >= 0.6 is 0 Å². The number of methoxy groups -OCH3 is 1. The lowest BCUT2D eigenvalue weighted by atomic mass is 9.81. The van der Waals surface area contributed by atoms with Crippen molar-refractivity contribution in [3.63, 3.8) is 0 Å². The number of hydrogen-bond acceptors (Lipinski definition) is 8. The normalized spacial score (nSPS) is 16.4. The minimum Gasteiger partial charge on any atom is -0.497 e. The molecular weight excluding hydrogens is 656 g/mol. The number of aliphatic hydroxyl groups is 1. The van der Waals surface area contributed by atoms with E-state index in [1.807, 2.05) is 84.9 Å². The zero-order valence-electron chi connectivity index (χ0n) is 28.8. The molecule has 52 heavy (non-hydrogen) atoms. The van der Waals surface area contributed by atoms with Gasteiger partial charge in [0.2, 0.25) is 5.90 Å². The van der Waals surface area contributed by atoms with Gasteiger partial charge in [0, 0.05) is 48.1 Å². The Morgan fingerprint density at radius 3 is 2.29 bits per heavy atom. The molecule has 2 atom stereocenters. The number of ether oxygens (including phenoxy) is 3. The van der Waals surface area contributed by atoms with Crippen LogP contribution in [0, 0.1) is 0 Å². The summed E-state index contributed by atoms with van der Waals surface area (Å²) in [7, 11) is 1.58. The SMILES string of the molecule is COc1cccc([C@@H]2OC(c3ccc(OCCCO)cc3)=N[C@]2(Cc2ccccc2N=[N+]=[N-])C(=O)NNCC(c2ccccc2)c2ccccc2)c1. The van der Waals surface area contributed by atoms with Crippen molar-refractivity contribution < 1.29 is 24.1 Å². The third kappa shape index (κ3) is 8.25. The van der Waals surface area contributed by atoms with Crippen molar-refractivity contribution in [2.45, 2.75) is 30.4 Å². The summed E-state index contributed by atoms with van der Waals surface area (Å²) in [6.45, 7) is 0.807. The predicted molar refractivity (Wildman–Crippen MR) is 200 cm³/mol. The van der Waals surface area contributed by atoms with E-state index >= 15 is 0 Å². The van der Waals surface area contributed by atoms with Gasteiger partial charge in [-0.15, -0.1) is 0 Å². The Kier molecular flexibility index (Phi) is 11.8. The average Bonchev–Trinajstić information content (AvgIpc) is 3.59. The lowest BCUT2D eigenvalue weighted by molar-refractivity contribution is -0.130. The van der Waals surface area contributed by atoms with E-state index in [1.54, 1.807) is 31.4 Å². The molecule has 1 aliphatic heterocycles. The summed E-state index contributed by atoms with van der Waals surface area (Å²) in [5, 5.41) is 13.1. The Hall–Kier alpha value is -6.13. The van der Waals surface area contributed by atoms with Crippen LogP contribution in [0.25, 0.3) is 10.4 Å². The van der Waals surface area contributed by atoms with Crippen LogP contribution in [-0.2, 0) is 16.0 Å². The molecule has 264 valence electrons. The predicted octanol–water partition coefficient (Wildman–Crippen LogP) is 7.35. The van der Waals surface area contributed by atoms with Crippen molar-refractivity contribution in [1.29, 1.82) is 0 Å². The van der Waals surface area contributed by atoms with E-state index in [2.05, 4.69) is 45.1 Å². The van der Waals surface area contributed by atoms with Gasteiger partial charge in [-0.3, -0.25) is 10.2 Å². The number of amides is 1. The fraction of sp³-hybridized carbons (Fsp3) is 0.220. The van der Waals surface area contributed by atoms with Gasteiger partial charge in [-0.25, -0.2) is 10.4 Å². The number of nitrogens with one attached hydrogen (secondary N) is 2. The molecule has 11 heteroatoms. The van der Waals surface area contributed by atoms with E-state index in [0.717, 1.165) is 11.1 Å².